The molecule has 0 radical (unpaired) electrons. The van der Waals surface area contributed by atoms with E-state index in [-0.39, 0.29) is 11.6 Å². The zero-order chi connectivity index (χ0) is 18.7. The van der Waals surface area contributed by atoms with Crippen molar-refractivity contribution in [3.63, 3.8) is 0 Å². The molecule has 3 N–H and O–H groups in total. The van der Waals surface area contributed by atoms with Crippen molar-refractivity contribution in [3.05, 3.63) is 63.4 Å². The van der Waals surface area contributed by atoms with Crippen molar-refractivity contribution < 1.29 is 9.90 Å². The first-order chi connectivity index (χ1) is 12.4. The third-order valence-corrected chi connectivity index (χ3v) is 4.99. The highest BCUT2D eigenvalue weighted by Gasteiger charge is 2.35. The molecular formula is C20H18Cl2N2O2. The number of nitrogens with zero attached hydrogens (tertiary/aromatic N) is 1. The molecule has 0 bridgehead atoms. The van der Waals surface area contributed by atoms with E-state index in [0.29, 0.717) is 28.5 Å². The van der Waals surface area contributed by atoms with Gasteiger partial charge in [0.25, 0.3) is 5.91 Å². The van der Waals surface area contributed by atoms with E-state index in [4.69, 9.17) is 28.9 Å². The van der Waals surface area contributed by atoms with Crippen molar-refractivity contribution in [1.82, 2.24) is 4.98 Å². The van der Waals surface area contributed by atoms with Crippen molar-refractivity contribution in [3.8, 4) is 11.8 Å². The molecule has 1 aliphatic rings. The Morgan fingerprint density at radius 3 is 2.85 bits per heavy atom. The quantitative estimate of drug-likeness (QED) is 0.765. The number of primary amides is 1. The highest BCUT2D eigenvalue weighted by Crippen LogP contribution is 2.40. The minimum absolute atomic E-state index is 0.0869. The molecule has 1 amide bonds. The predicted octanol–water partition coefficient (Wildman–Crippen LogP) is 3.93. The van der Waals surface area contributed by atoms with Crippen LogP contribution in [-0.4, -0.2) is 21.6 Å². The molecule has 1 saturated carbocycles. The molecule has 1 aliphatic carbocycles. The van der Waals surface area contributed by atoms with Crippen LogP contribution in [0.25, 0.3) is 0 Å². The average Bonchev–Trinajstić information content (AvgIpc) is 2.60. The number of benzene rings is 1. The van der Waals surface area contributed by atoms with Gasteiger partial charge in [0.15, 0.2) is 0 Å². The lowest BCUT2D eigenvalue weighted by Gasteiger charge is -2.33. The van der Waals surface area contributed by atoms with Crippen LogP contribution >= 0.6 is 23.2 Å². The van der Waals surface area contributed by atoms with Gasteiger partial charge >= 0.3 is 0 Å². The lowest BCUT2D eigenvalue weighted by Crippen LogP contribution is -2.33. The molecule has 0 unspecified atom stereocenters. The Morgan fingerprint density at radius 1 is 1.31 bits per heavy atom. The van der Waals surface area contributed by atoms with E-state index < -0.39 is 11.5 Å². The Balaban J connectivity index is 1.88. The molecule has 4 nitrogen and oxygen atoms in total. The van der Waals surface area contributed by atoms with Crippen molar-refractivity contribution >= 4 is 29.1 Å². The monoisotopic (exact) mass is 388 g/mol. The van der Waals surface area contributed by atoms with E-state index in [0.717, 1.165) is 18.4 Å². The number of nitrogens with two attached hydrogens (primary N) is 1. The second-order valence-corrected chi connectivity index (χ2v) is 7.41. The number of hydrogen-bond acceptors (Lipinski definition) is 3. The van der Waals surface area contributed by atoms with E-state index in [9.17, 15) is 9.90 Å². The van der Waals surface area contributed by atoms with Crippen LogP contribution in [0.3, 0.4) is 0 Å². The van der Waals surface area contributed by atoms with Crippen LogP contribution in [0, 0.1) is 11.8 Å². The zero-order valence-corrected chi connectivity index (χ0v) is 15.5. The number of rotatable bonds is 2. The molecule has 1 fully saturated rings. The van der Waals surface area contributed by atoms with E-state index >= 15 is 0 Å². The van der Waals surface area contributed by atoms with Crippen LogP contribution in [0.15, 0.2) is 36.5 Å². The molecule has 1 heterocycles. The van der Waals surface area contributed by atoms with Gasteiger partial charge in [-0.15, -0.1) is 0 Å². The van der Waals surface area contributed by atoms with Crippen molar-refractivity contribution in [2.45, 2.75) is 37.2 Å². The van der Waals surface area contributed by atoms with Gasteiger partial charge in [-0.2, -0.15) is 0 Å². The van der Waals surface area contributed by atoms with Crippen LogP contribution in [0.2, 0.25) is 10.0 Å². The predicted molar refractivity (Wildman–Crippen MR) is 102 cm³/mol. The number of aliphatic hydroxyl groups is 1. The van der Waals surface area contributed by atoms with E-state index in [1.165, 1.54) is 6.20 Å². The largest absolute Gasteiger partial charge is 0.378 e. The molecule has 0 aliphatic heterocycles. The lowest BCUT2D eigenvalue weighted by molar-refractivity contribution is 0.0517. The summed E-state index contributed by atoms with van der Waals surface area (Å²) in [7, 11) is 0. The Kier molecular flexibility index (Phi) is 5.52. The summed E-state index contributed by atoms with van der Waals surface area (Å²) in [6.07, 6.45) is 3.94. The van der Waals surface area contributed by atoms with E-state index in [1.807, 2.05) is 12.1 Å². The summed E-state index contributed by atoms with van der Waals surface area (Å²) in [4.78, 5) is 15.8. The Labute approximate surface area is 162 Å². The number of carbonyl (C=O) groups excluding carboxylic acids is 1. The maximum absolute atomic E-state index is 11.7. The van der Waals surface area contributed by atoms with Gasteiger partial charge in [0, 0.05) is 16.8 Å². The fourth-order valence-corrected chi connectivity index (χ4v) is 3.72. The average molecular weight is 389 g/mol. The van der Waals surface area contributed by atoms with E-state index in [2.05, 4.69) is 16.8 Å². The molecule has 26 heavy (non-hydrogen) atoms. The summed E-state index contributed by atoms with van der Waals surface area (Å²) in [6.45, 7) is 0. The van der Waals surface area contributed by atoms with Gasteiger partial charge < -0.3 is 10.8 Å². The third-order valence-electron chi connectivity index (χ3n) is 4.55. The SMILES string of the molecule is NC(=O)c1ncc(Cl)cc1[C@H]1CCC[C@@](O)(C#Cc2cccc(Cl)c2)C1. The first-order valence-electron chi connectivity index (χ1n) is 8.33. The first-order valence-corrected chi connectivity index (χ1v) is 9.08. The Bertz CT molecular complexity index is 904. The molecule has 1 aromatic carbocycles. The minimum atomic E-state index is -1.15. The molecule has 1 aromatic heterocycles. The third kappa shape index (κ3) is 4.37. The summed E-state index contributed by atoms with van der Waals surface area (Å²) < 4.78 is 0. The van der Waals surface area contributed by atoms with Crippen LogP contribution in [0.4, 0.5) is 0 Å². The second-order valence-electron chi connectivity index (χ2n) is 6.54. The molecule has 6 heteroatoms. The molecule has 2 aromatic rings. The first kappa shape index (κ1) is 18.7. The van der Waals surface area contributed by atoms with Crippen molar-refractivity contribution in [2.24, 2.45) is 5.73 Å². The molecule has 0 spiro atoms. The van der Waals surface area contributed by atoms with Crippen LogP contribution in [-0.2, 0) is 0 Å². The summed E-state index contributed by atoms with van der Waals surface area (Å²) in [5.74, 6) is 5.29. The highest BCUT2D eigenvalue weighted by molar-refractivity contribution is 6.30. The van der Waals surface area contributed by atoms with Gasteiger partial charge in [0.2, 0.25) is 0 Å². The highest BCUT2D eigenvalue weighted by atomic mass is 35.5. The molecule has 0 saturated heterocycles. The minimum Gasteiger partial charge on any atom is -0.378 e. The van der Waals surface area contributed by atoms with Gasteiger partial charge in [-0.25, -0.2) is 4.98 Å². The van der Waals surface area contributed by atoms with Gasteiger partial charge in [0.05, 0.1) is 5.02 Å². The smallest absolute Gasteiger partial charge is 0.267 e. The summed E-state index contributed by atoms with van der Waals surface area (Å²) in [6, 6.07) is 8.89. The molecular weight excluding hydrogens is 371 g/mol. The number of aromatic nitrogens is 1. The Morgan fingerprint density at radius 2 is 2.12 bits per heavy atom. The summed E-state index contributed by atoms with van der Waals surface area (Å²) in [5.41, 5.74) is 5.91. The lowest BCUT2D eigenvalue weighted by atomic mass is 9.75. The Hall–Kier alpha value is -2.06. The maximum Gasteiger partial charge on any atom is 0.267 e. The molecule has 134 valence electrons. The van der Waals surface area contributed by atoms with E-state index in [1.54, 1.807) is 18.2 Å². The number of halogens is 2. The number of carbonyl (C=O) groups is 1. The van der Waals surface area contributed by atoms with Crippen LogP contribution < -0.4 is 5.73 Å². The molecule has 3 rings (SSSR count). The van der Waals surface area contributed by atoms with Crippen molar-refractivity contribution in [2.75, 3.05) is 0 Å². The van der Waals surface area contributed by atoms with Gasteiger partial charge in [-0.05, 0) is 61.4 Å². The summed E-state index contributed by atoms with van der Waals surface area (Å²) >= 11 is 12.0. The zero-order valence-electron chi connectivity index (χ0n) is 14.0. The standard InChI is InChI=1S/C20H18Cl2N2O2/c21-15-5-1-3-13(9-15)6-8-20(26)7-2-4-14(11-20)17-10-16(22)12-24-18(17)19(23)25/h1,3,5,9-10,12,14,26H,2,4,7,11H2,(H2,23,25)/t14-,20+/m0/s1. The number of pyridine rings is 1. The number of hydrogen-bond donors (Lipinski definition) is 2. The normalized spacial score (nSPS) is 22.3. The van der Waals surface area contributed by atoms with Crippen LogP contribution in [0.5, 0.6) is 0 Å². The number of amides is 1. The van der Waals surface area contributed by atoms with Crippen LogP contribution in [0.1, 0.15) is 53.2 Å². The molecule has 2 atom stereocenters. The topological polar surface area (TPSA) is 76.2 Å². The van der Waals surface area contributed by atoms with Gasteiger partial charge in [0.1, 0.15) is 11.3 Å². The van der Waals surface area contributed by atoms with Crippen molar-refractivity contribution in [1.29, 1.82) is 0 Å². The second kappa shape index (κ2) is 7.67. The van der Waals surface area contributed by atoms with Gasteiger partial charge in [-0.1, -0.05) is 41.1 Å². The summed E-state index contributed by atoms with van der Waals surface area (Å²) in [5, 5.41) is 12.0. The fourth-order valence-electron chi connectivity index (χ4n) is 3.36. The fraction of sp³-hybridized carbons (Fsp3) is 0.300. The maximum atomic E-state index is 11.7. The van der Waals surface area contributed by atoms with Gasteiger partial charge in [-0.3, -0.25) is 4.79 Å².